The Labute approximate surface area is 135 Å². The fraction of sp³-hybridized carbons (Fsp3) is 0.400. The standard InChI is InChI=1S/C10H14O3S.K.H/c1-10(2,3)14(11,12)13-9-7-5-4-6-8-9;;/h4-8H,1-3H3;;/q;+1;-1. The van der Waals surface area contributed by atoms with Crippen LogP contribution in [-0.4, -0.2) is 13.2 Å². The Hall–Kier alpha value is 0.606. The van der Waals surface area contributed by atoms with Gasteiger partial charge in [-0.25, -0.2) is 0 Å². The van der Waals surface area contributed by atoms with Crippen molar-refractivity contribution in [3.05, 3.63) is 30.3 Å². The fourth-order valence-corrected chi connectivity index (χ4v) is 1.34. The fourth-order valence-electron chi connectivity index (χ4n) is 0.728. The summed E-state index contributed by atoms with van der Waals surface area (Å²) >= 11 is 0. The number of para-hydroxylation sites is 1. The molecule has 1 rings (SSSR count). The predicted molar refractivity (Wildman–Crippen MR) is 56.9 cm³/mol. The van der Waals surface area contributed by atoms with E-state index in [4.69, 9.17) is 4.18 Å². The molecule has 3 nitrogen and oxygen atoms in total. The van der Waals surface area contributed by atoms with E-state index in [2.05, 4.69) is 0 Å². The second kappa shape index (κ2) is 5.79. The third kappa shape index (κ3) is 4.54. The summed E-state index contributed by atoms with van der Waals surface area (Å²) in [6.45, 7) is 4.81. The average Bonchev–Trinajstić information content (AvgIpc) is 2.03. The minimum Gasteiger partial charge on any atom is -1.00 e. The summed E-state index contributed by atoms with van der Waals surface area (Å²) in [7, 11) is -3.55. The second-order valence-corrected chi connectivity index (χ2v) is 6.26. The third-order valence-corrected chi connectivity index (χ3v) is 3.61. The first kappa shape index (κ1) is 15.6. The maximum atomic E-state index is 11.6. The van der Waals surface area contributed by atoms with Crippen LogP contribution < -0.4 is 55.6 Å². The quantitative estimate of drug-likeness (QED) is 0.518. The van der Waals surface area contributed by atoms with Gasteiger partial charge in [-0.15, -0.1) is 0 Å². The molecule has 0 atom stereocenters. The zero-order chi connectivity index (χ0) is 10.8. The summed E-state index contributed by atoms with van der Waals surface area (Å²) in [5.74, 6) is 0.349. The Morgan fingerprint density at radius 3 is 2.00 bits per heavy atom. The minimum atomic E-state index is -3.55. The van der Waals surface area contributed by atoms with Gasteiger partial charge in [-0.3, -0.25) is 0 Å². The van der Waals surface area contributed by atoms with E-state index >= 15 is 0 Å². The van der Waals surface area contributed by atoms with Crippen LogP contribution in [0.1, 0.15) is 22.2 Å². The summed E-state index contributed by atoms with van der Waals surface area (Å²) in [6, 6.07) is 8.49. The number of hydrogen-bond acceptors (Lipinski definition) is 3. The first-order valence-corrected chi connectivity index (χ1v) is 5.73. The summed E-state index contributed by atoms with van der Waals surface area (Å²) in [5, 5.41) is 0. The van der Waals surface area contributed by atoms with Crippen molar-refractivity contribution in [2.75, 3.05) is 0 Å². The van der Waals surface area contributed by atoms with Gasteiger partial charge in [0.2, 0.25) is 0 Å². The van der Waals surface area contributed by atoms with Crippen LogP contribution in [0.5, 0.6) is 5.75 Å². The van der Waals surface area contributed by atoms with Gasteiger partial charge in [0.05, 0.1) is 4.75 Å². The zero-order valence-corrected chi connectivity index (χ0v) is 13.5. The van der Waals surface area contributed by atoms with Crippen molar-refractivity contribution >= 4 is 10.1 Å². The number of benzene rings is 1. The molecule has 0 fully saturated rings. The van der Waals surface area contributed by atoms with Crippen LogP contribution in [0.3, 0.4) is 0 Å². The van der Waals surface area contributed by atoms with Crippen molar-refractivity contribution in [2.45, 2.75) is 25.5 Å². The smallest absolute Gasteiger partial charge is 1.00 e. The molecular formula is C10H15KO3S. The van der Waals surface area contributed by atoms with Crippen LogP contribution in [0, 0.1) is 0 Å². The van der Waals surface area contributed by atoms with Crippen molar-refractivity contribution in [3.8, 4) is 5.75 Å². The molecule has 80 valence electrons. The monoisotopic (exact) mass is 254 g/mol. The molecule has 0 saturated heterocycles. The van der Waals surface area contributed by atoms with E-state index in [0.29, 0.717) is 5.75 Å². The van der Waals surface area contributed by atoms with Gasteiger partial charge in [0.15, 0.2) is 0 Å². The van der Waals surface area contributed by atoms with Crippen molar-refractivity contribution in [3.63, 3.8) is 0 Å². The van der Waals surface area contributed by atoms with Gasteiger partial charge in [-0.05, 0) is 32.9 Å². The van der Waals surface area contributed by atoms with Crippen LogP contribution in [0.2, 0.25) is 0 Å². The molecule has 1 aromatic carbocycles. The van der Waals surface area contributed by atoms with Crippen molar-refractivity contribution in [1.82, 2.24) is 0 Å². The SMILES string of the molecule is CC(C)(C)S(=O)(=O)Oc1ccccc1.[H-].[K+]. The molecule has 0 radical (unpaired) electrons. The summed E-state index contributed by atoms with van der Waals surface area (Å²) in [5.41, 5.74) is 0. The maximum absolute atomic E-state index is 11.6. The number of rotatable bonds is 2. The number of hydrogen-bond donors (Lipinski definition) is 0. The van der Waals surface area contributed by atoms with E-state index in [1.807, 2.05) is 0 Å². The molecule has 0 heterocycles. The van der Waals surface area contributed by atoms with Gasteiger partial charge in [0, 0.05) is 0 Å². The molecule has 0 N–H and O–H groups in total. The van der Waals surface area contributed by atoms with Crippen LogP contribution in [0.15, 0.2) is 30.3 Å². The Kier molecular flexibility index (Phi) is 6.03. The maximum Gasteiger partial charge on any atom is 1.00 e. The summed E-state index contributed by atoms with van der Waals surface area (Å²) < 4.78 is 27.2. The summed E-state index contributed by atoms with van der Waals surface area (Å²) in [6.07, 6.45) is 0. The Morgan fingerprint density at radius 1 is 1.13 bits per heavy atom. The third-order valence-electron chi connectivity index (χ3n) is 1.70. The van der Waals surface area contributed by atoms with E-state index in [0.717, 1.165) is 0 Å². The molecule has 0 bridgehead atoms. The molecular weight excluding hydrogens is 239 g/mol. The first-order valence-electron chi connectivity index (χ1n) is 4.32. The molecule has 0 amide bonds. The largest absolute Gasteiger partial charge is 1.00 e. The van der Waals surface area contributed by atoms with E-state index in [1.165, 1.54) is 0 Å². The molecule has 0 unspecified atom stereocenters. The molecule has 1 aromatic rings. The topological polar surface area (TPSA) is 43.4 Å². The van der Waals surface area contributed by atoms with Crippen LogP contribution in [0.25, 0.3) is 0 Å². The molecule has 0 aliphatic carbocycles. The molecule has 0 aliphatic heterocycles. The first-order chi connectivity index (χ1) is 6.33. The second-order valence-electron chi connectivity index (χ2n) is 3.96. The van der Waals surface area contributed by atoms with Gasteiger partial charge >= 0.3 is 61.5 Å². The average molecular weight is 254 g/mol. The van der Waals surface area contributed by atoms with Gasteiger partial charge in [-0.1, -0.05) is 18.2 Å². The molecule has 0 saturated carbocycles. The van der Waals surface area contributed by atoms with Gasteiger partial charge in [0.1, 0.15) is 5.75 Å². The van der Waals surface area contributed by atoms with Gasteiger partial charge in [-0.2, -0.15) is 8.42 Å². The van der Waals surface area contributed by atoms with Crippen LogP contribution in [0.4, 0.5) is 0 Å². The Bertz CT molecular complexity index is 398. The van der Waals surface area contributed by atoms with Crippen LogP contribution >= 0.6 is 0 Å². The molecule has 5 heteroatoms. The van der Waals surface area contributed by atoms with Gasteiger partial charge < -0.3 is 5.61 Å². The molecule has 0 aromatic heterocycles. The Balaban J connectivity index is 0. The molecule has 0 spiro atoms. The van der Waals surface area contributed by atoms with Crippen molar-refractivity contribution < 1.29 is 65.4 Å². The Morgan fingerprint density at radius 2 is 1.60 bits per heavy atom. The van der Waals surface area contributed by atoms with Crippen molar-refractivity contribution in [2.24, 2.45) is 0 Å². The summed E-state index contributed by atoms with van der Waals surface area (Å²) in [4.78, 5) is 0. The molecule has 15 heavy (non-hydrogen) atoms. The van der Waals surface area contributed by atoms with E-state index in [-0.39, 0.29) is 52.8 Å². The molecule has 0 aliphatic rings. The van der Waals surface area contributed by atoms with E-state index < -0.39 is 14.9 Å². The normalized spacial score (nSPS) is 11.7. The van der Waals surface area contributed by atoms with Crippen LogP contribution in [-0.2, 0) is 10.1 Å². The minimum absolute atomic E-state index is 0. The van der Waals surface area contributed by atoms with Crippen molar-refractivity contribution in [1.29, 1.82) is 0 Å². The van der Waals surface area contributed by atoms with Gasteiger partial charge in [0.25, 0.3) is 0 Å². The van der Waals surface area contributed by atoms with E-state index in [9.17, 15) is 8.42 Å². The zero-order valence-electron chi connectivity index (χ0n) is 10.5. The predicted octanol–water partition coefficient (Wildman–Crippen LogP) is -0.690. The van der Waals surface area contributed by atoms with E-state index in [1.54, 1.807) is 51.1 Å².